The van der Waals surface area contributed by atoms with Gasteiger partial charge < -0.3 is 19.7 Å². The Morgan fingerprint density at radius 1 is 1.24 bits per heavy atom. The molecule has 10 nitrogen and oxygen atoms in total. The molecule has 0 bridgehead atoms. The fourth-order valence-corrected chi connectivity index (χ4v) is 4.58. The smallest absolute Gasteiger partial charge is 0.275 e. The lowest BCUT2D eigenvalue weighted by atomic mass is 10.1. The number of fused-ring (bicyclic) bond motifs is 2. The van der Waals surface area contributed by atoms with E-state index in [-0.39, 0.29) is 35.7 Å². The number of benzene rings is 2. The van der Waals surface area contributed by atoms with E-state index < -0.39 is 19.1 Å². The number of halogens is 2. The SMILES string of the molecule is N#Cc1cc2nc(Cc3nn(CC(=O)N4CCC(O)CC4)c(=O)c4ccccc34)[nH]c2cc1OCC(F)F. The van der Waals surface area contributed by atoms with E-state index in [4.69, 9.17) is 4.74 Å². The summed E-state index contributed by atoms with van der Waals surface area (Å²) in [6.07, 6.45) is -1.95. The number of ether oxygens (including phenoxy) is 1. The Bertz CT molecular complexity index is 1600. The molecule has 196 valence electrons. The predicted molar refractivity (Wildman–Crippen MR) is 133 cm³/mol. The molecule has 0 saturated carbocycles. The van der Waals surface area contributed by atoms with E-state index in [0.717, 1.165) is 4.68 Å². The highest BCUT2D eigenvalue weighted by Crippen LogP contribution is 2.26. The van der Waals surface area contributed by atoms with E-state index in [1.807, 2.05) is 6.07 Å². The van der Waals surface area contributed by atoms with Gasteiger partial charge in [0, 0.05) is 24.5 Å². The number of likely N-dealkylation sites (tertiary alicyclic amines) is 1. The first-order chi connectivity index (χ1) is 18.3. The van der Waals surface area contributed by atoms with Crippen molar-refractivity contribution in [3.8, 4) is 11.8 Å². The fraction of sp³-hybridized carbons (Fsp3) is 0.346. The van der Waals surface area contributed by atoms with Crippen molar-refractivity contribution in [3.05, 3.63) is 63.8 Å². The maximum atomic E-state index is 13.1. The van der Waals surface area contributed by atoms with Crippen LogP contribution in [0.5, 0.6) is 5.75 Å². The van der Waals surface area contributed by atoms with Crippen molar-refractivity contribution in [1.29, 1.82) is 5.26 Å². The number of imidazole rings is 1. The molecule has 2 aromatic carbocycles. The average Bonchev–Trinajstić information content (AvgIpc) is 3.30. The number of amides is 1. The first kappa shape index (κ1) is 25.3. The van der Waals surface area contributed by atoms with Gasteiger partial charge in [-0.2, -0.15) is 10.4 Å². The van der Waals surface area contributed by atoms with Crippen LogP contribution in [-0.2, 0) is 17.8 Å². The molecule has 1 aliphatic rings. The van der Waals surface area contributed by atoms with E-state index >= 15 is 0 Å². The highest BCUT2D eigenvalue weighted by molar-refractivity contribution is 5.85. The van der Waals surface area contributed by atoms with Gasteiger partial charge in [-0.15, -0.1) is 0 Å². The molecular formula is C26H24F2N6O4. The molecule has 0 radical (unpaired) electrons. The minimum Gasteiger partial charge on any atom is -0.486 e. The average molecular weight is 523 g/mol. The number of aromatic amines is 1. The van der Waals surface area contributed by atoms with Gasteiger partial charge in [-0.05, 0) is 25.0 Å². The minimum atomic E-state index is -2.68. The highest BCUT2D eigenvalue weighted by Gasteiger charge is 2.23. The van der Waals surface area contributed by atoms with Crippen LogP contribution in [0.1, 0.15) is 29.9 Å². The number of H-pyrrole nitrogens is 1. The Morgan fingerprint density at radius 2 is 1.97 bits per heavy atom. The van der Waals surface area contributed by atoms with Gasteiger partial charge >= 0.3 is 0 Å². The molecule has 1 amide bonds. The van der Waals surface area contributed by atoms with Crippen LogP contribution in [0.15, 0.2) is 41.2 Å². The first-order valence-corrected chi connectivity index (χ1v) is 12.1. The molecule has 1 saturated heterocycles. The van der Waals surface area contributed by atoms with Crippen molar-refractivity contribution in [1.82, 2.24) is 24.6 Å². The fourth-order valence-electron chi connectivity index (χ4n) is 4.58. The summed E-state index contributed by atoms with van der Waals surface area (Å²) >= 11 is 0. The lowest BCUT2D eigenvalue weighted by Gasteiger charge is -2.29. The Kier molecular flexibility index (Phi) is 7.02. The summed E-state index contributed by atoms with van der Waals surface area (Å²) in [4.78, 5) is 35.2. The molecule has 2 aromatic heterocycles. The van der Waals surface area contributed by atoms with Gasteiger partial charge in [-0.1, -0.05) is 18.2 Å². The third-order valence-corrected chi connectivity index (χ3v) is 6.50. The topological polar surface area (TPSA) is 137 Å². The number of aromatic nitrogens is 4. The molecule has 1 fully saturated rings. The number of carbonyl (C=O) groups is 1. The largest absolute Gasteiger partial charge is 0.486 e. The van der Waals surface area contributed by atoms with Crippen molar-refractivity contribution < 1.29 is 23.4 Å². The number of nitrogens with zero attached hydrogens (tertiary/aromatic N) is 5. The first-order valence-electron chi connectivity index (χ1n) is 12.1. The Morgan fingerprint density at radius 3 is 2.68 bits per heavy atom. The number of nitriles is 1. The van der Waals surface area contributed by atoms with Gasteiger partial charge in [0.1, 0.15) is 30.8 Å². The third-order valence-electron chi connectivity index (χ3n) is 6.50. The minimum absolute atomic E-state index is 0.0244. The molecule has 5 rings (SSSR count). The van der Waals surface area contributed by atoms with Crippen molar-refractivity contribution in [2.45, 2.75) is 38.3 Å². The molecule has 2 N–H and O–H groups in total. The zero-order chi connectivity index (χ0) is 26.8. The van der Waals surface area contributed by atoms with Gasteiger partial charge in [0.05, 0.1) is 40.2 Å². The van der Waals surface area contributed by atoms with Crippen molar-refractivity contribution >= 4 is 27.7 Å². The summed E-state index contributed by atoms with van der Waals surface area (Å²) in [7, 11) is 0. The summed E-state index contributed by atoms with van der Waals surface area (Å²) in [6.45, 7) is -0.234. The maximum Gasteiger partial charge on any atom is 0.275 e. The second kappa shape index (κ2) is 10.5. The number of rotatable bonds is 7. The molecule has 0 aliphatic carbocycles. The predicted octanol–water partition coefficient (Wildman–Crippen LogP) is 2.36. The molecule has 1 aliphatic heterocycles. The number of aliphatic hydroxyl groups is 1. The molecule has 38 heavy (non-hydrogen) atoms. The van der Waals surface area contributed by atoms with E-state index in [0.29, 0.717) is 59.3 Å². The van der Waals surface area contributed by atoms with E-state index in [9.17, 15) is 28.7 Å². The monoisotopic (exact) mass is 522 g/mol. The van der Waals surface area contributed by atoms with Crippen molar-refractivity contribution in [2.24, 2.45) is 0 Å². The van der Waals surface area contributed by atoms with E-state index in [1.54, 1.807) is 29.2 Å². The summed E-state index contributed by atoms with van der Waals surface area (Å²) in [6, 6.07) is 11.8. The van der Waals surface area contributed by atoms with Gasteiger partial charge in [0.15, 0.2) is 0 Å². The molecule has 0 atom stereocenters. The summed E-state index contributed by atoms with van der Waals surface area (Å²) in [5.41, 5.74) is 1.14. The van der Waals surface area contributed by atoms with Gasteiger partial charge in [-0.3, -0.25) is 9.59 Å². The van der Waals surface area contributed by atoms with Gasteiger partial charge in [0.2, 0.25) is 5.91 Å². The Hall–Kier alpha value is -4.37. The normalized spacial score (nSPS) is 14.3. The standard InChI is InChI=1S/C26H24F2N6O4/c27-23(28)14-38-22-10-21-20(9-15(22)12-29)30-24(31-21)11-19-17-3-1-2-4-18(17)26(37)34(32-19)13-25(36)33-7-5-16(35)6-8-33/h1-4,9-10,16,23,35H,5-8,11,13-14H2,(H,30,31). The number of piperidine rings is 1. The number of hydrogen-bond acceptors (Lipinski definition) is 7. The molecule has 0 spiro atoms. The molecule has 0 unspecified atom stereocenters. The van der Waals surface area contributed by atoms with Crippen molar-refractivity contribution in [3.63, 3.8) is 0 Å². The van der Waals surface area contributed by atoms with Crippen LogP contribution in [0.25, 0.3) is 21.8 Å². The van der Waals surface area contributed by atoms with E-state index in [2.05, 4.69) is 15.1 Å². The number of nitrogens with one attached hydrogen (secondary N) is 1. The maximum absolute atomic E-state index is 13.1. The van der Waals surface area contributed by atoms with Crippen LogP contribution in [0.2, 0.25) is 0 Å². The second-order valence-electron chi connectivity index (χ2n) is 9.11. The van der Waals surface area contributed by atoms with Gasteiger partial charge in [0.25, 0.3) is 12.0 Å². The Labute approximate surface area is 215 Å². The van der Waals surface area contributed by atoms with Crippen LogP contribution >= 0.6 is 0 Å². The highest BCUT2D eigenvalue weighted by atomic mass is 19.3. The lowest BCUT2D eigenvalue weighted by molar-refractivity contribution is -0.134. The Balaban J connectivity index is 1.47. The number of hydrogen-bond donors (Lipinski definition) is 2. The quantitative estimate of drug-likeness (QED) is 0.380. The number of alkyl halides is 2. The number of aliphatic hydroxyl groups excluding tert-OH is 1. The zero-order valence-corrected chi connectivity index (χ0v) is 20.2. The number of carbonyl (C=O) groups excluding carboxylic acids is 1. The molecule has 12 heteroatoms. The second-order valence-corrected chi connectivity index (χ2v) is 9.11. The zero-order valence-electron chi connectivity index (χ0n) is 20.2. The van der Waals surface area contributed by atoms with Crippen LogP contribution in [0, 0.1) is 11.3 Å². The summed E-state index contributed by atoms with van der Waals surface area (Å²) < 4.78 is 31.5. The van der Waals surface area contributed by atoms with Crippen molar-refractivity contribution in [2.75, 3.05) is 19.7 Å². The third kappa shape index (κ3) is 5.19. The van der Waals surface area contributed by atoms with Crippen LogP contribution in [0.3, 0.4) is 0 Å². The summed E-state index contributed by atoms with van der Waals surface area (Å²) in [5, 5.41) is 24.6. The molecular weight excluding hydrogens is 498 g/mol. The van der Waals surface area contributed by atoms with Crippen LogP contribution in [-0.4, -0.2) is 67.9 Å². The molecule has 4 aromatic rings. The van der Waals surface area contributed by atoms with Gasteiger partial charge in [-0.25, -0.2) is 18.4 Å². The molecule has 3 heterocycles. The van der Waals surface area contributed by atoms with Crippen LogP contribution < -0.4 is 10.3 Å². The lowest BCUT2D eigenvalue weighted by Crippen LogP contribution is -2.43. The van der Waals surface area contributed by atoms with Crippen LogP contribution in [0.4, 0.5) is 8.78 Å². The van der Waals surface area contributed by atoms with E-state index in [1.165, 1.54) is 12.1 Å². The summed E-state index contributed by atoms with van der Waals surface area (Å²) in [5.74, 6) is 0.238.